The molecular formula is C29H37N7O. The molecule has 1 aromatic heterocycles. The predicted octanol–water partition coefficient (Wildman–Crippen LogP) is 4.32. The lowest BCUT2D eigenvalue weighted by atomic mass is 10.0. The SMILES string of the molecule is CN1CCN(C2CCN(c3ccc(Nc4cc(N5OCC[C@@H]5c5ccccc5)ncn4)cc3)CC2)CC1. The molecule has 0 bridgehead atoms. The molecule has 3 saturated heterocycles. The van der Waals surface area contributed by atoms with Gasteiger partial charge in [0.25, 0.3) is 0 Å². The van der Waals surface area contributed by atoms with Crippen LogP contribution in [0.15, 0.2) is 67.0 Å². The molecule has 0 amide bonds. The van der Waals surface area contributed by atoms with E-state index < -0.39 is 0 Å². The van der Waals surface area contributed by atoms with Crippen LogP contribution >= 0.6 is 0 Å². The summed E-state index contributed by atoms with van der Waals surface area (Å²) < 4.78 is 0. The van der Waals surface area contributed by atoms with Gasteiger partial charge in [0.1, 0.15) is 12.1 Å². The lowest BCUT2D eigenvalue weighted by Gasteiger charge is -2.42. The molecule has 37 heavy (non-hydrogen) atoms. The number of nitrogens with one attached hydrogen (secondary N) is 1. The highest BCUT2D eigenvalue weighted by Gasteiger charge is 2.29. The Morgan fingerprint density at radius 2 is 1.59 bits per heavy atom. The van der Waals surface area contributed by atoms with Gasteiger partial charge in [0, 0.05) is 69.2 Å². The zero-order chi connectivity index (χ0) is 25.0. The normalized spacial score (nSPS) is 21.9. The Balaban J connectivity index is 1.06. The molecule has 0 aliphatic carbocycles. The molecule has 0 radical (unpaired) electrons. The highest BCUT2D eigenvalue weighted by molar-refractivity contribution is 5.62. The maximum Gasteiger partial charge on any atom is 0.158 e. The van der Waals surface area contributed by atoms with Crippen LogP contribution < -0.4 is 15.3 Å². The van der Waals surface area contributed by atoms with Gasteiger partial charge < -0.3 is 15.1 Å². The quantitative estimate of drug-likeness (QED) is 0.538. The van der Waals surface area contributed by atoms with E-state index in [1.165, 1.54) is 50.3 Å². The average molecular weight is 500 g/mol. The van der Waals surface area contributed by atoms with Crippen molar-refractivity contribution < 1.29 is 4.84 Å². The number of hydrogen-bond acceptors (Lipinski definition) is 8. The Morgan fingerprint density at radius 1 is 0.838 bits per heavy atom. The van der Waals surface area contributed by atoms with E-state index >= 15 is 0 Å². The molecule has 1 atom stereocenters. The van der Waals surface area contributed by atoms with Crippen molar-refractivity contribution in [2.24, 2.45) is 0 Å². The van der Waals surface area contributed by atoms with Crippen molar-refractivity contribution in [3.05, 3.63) is 72.6 Å². The fraction of sp³-hybridized carbons (Fsp3) is 0.448. The minimum Gasteiger partial charge on any atom is -0.371 e. The highest BCUT2D eigenvalue weighted by atomic mass is 16.7. The van der Waals surface area contributed by atoms with E-state index in [0.29, 0.717) is 6.61 Å². The van der Waals surface area contributed by atoms with E-state index in [9.17, 15) is 0 Å². The molecule has 4 heterocycles. The molecule has 2 aromatic carbocycles. The Hall–Kier alpha value is -3.20. The Morgan fingerprint density at radius 3 is 2.35 bits per heavy atom. The summed E-state index contributed by atoms with van der Waals surface area (Å²) in [6.07, 6.45) is 5.02. The highest BCUT2D eigenvalue weighted by Crippen LogP contribution is 2.34. The number of aromatic nitrogens is 2. The molecule has 0 saturated carbocycles. The van der Waals surface area contributed by atoms with Gasteiger partial charge in [0.05, 0.1) is 12.6 Å². The van der Waals surface area contributed by atoms with Gasteiger partial charge in [0.15, 0.2) is 5.82 Å². The minimum atomic E-state index is 0.156. The van der Waals surface area contributed by atoms with Crippen LogP contribution in [0.4, 0.5) is 23.0 Å². The van der Waals surface area contributed by atoms with E-state index in [-0.39, 0.29) is 6.04 Å². The smallest absolute Gasteiger partial charge is 0.158 e. The van der Waals surface area contributed by atoms with Crippen LogP contribution in [0.1, 0.15) is 30.9 Å². The average Bonchev–Trinajstić information content (AvgIpc) is 3.45. The number of hydroxylamine groups is 1. The largest absolute Gasteiger partial charge is 0.371 e. The van der Waals surface area contributed by atoms with Crippen LogP contribution in [0.2, 0.25) is 0 Å². The summed E-state index contributed by atoms with van der Waals surface area (Å²) in [5, 5.41) is 5.36. The Bertz CT molecular complexity index is 1140. The third-order valence-corrected chi connectivity index (χ3v) is 7.99. The molecule has 3 fully saturated rings. The minimum absolute atomic E-state index is 0.156. The zero-order valence-electron chi connectivity index (χ0n) is 21.7. The summed E-state index contributed by atoms with van der Waals surface area (Å²) in [6.45, 7) is 7.74. The van der Waals surface area contributed by atoms with E-state index in [0.717, 1.165) is 42.9 Å². The van der Waals surface area contributed by atoms with Gasteiger partial charge in [-0.25, -0.2) is 15.0 Å². The second kappa shape index (κ2) is 11.0. The van der Waals surface area contributed by atoms with Crippen molar-refractivity contribution in [3.63, 3.8) is 0 Å². The van der Waals surface area contributed by atoms with E-state index in [4.69, 9.17) is 4.84 Å². The molecule has 0 unspecified atom stereocenters. The molecule has 0 spiro atoms. The van der Waals surface area contributed by atoms with Crippen LogP contribution in [0.5, 0.6) is 0 Å². The van der Waals surface area contributed by atoms with Crippen molar-refractivity contribution >= 4 is 23.0 Å². The first-order valence-electron chi connectivity index (χ1n) is 13.6. The van der Waals surface area contributed by atoms with Gasteiger partial charge in [0.2, 0.25) is 0 Å². The Kier molecular flexibility index (Phi) is 7.21. The summed E-state index contributed by atoms with van der Waals surface area (Å²) >= 11 is 0. The van der Waals surface area contributed by atoms with Crippen LogP contribution in [0.25, 0.3) is 0 Å². The van der Waals surface area contributed by atoms with E-state index in [2.05, 4.69) is 85.6 Å². The second-order valence-electron chi connectivity index (χ2n) is 10.4. The summed E-state index contributed by atoms with van der Waals surface area (Å²) in [4.78, 5) is 22.6. The summed E-state index contributed by atoms with van der Waals surface area (Å²) in [5.74, 6) is 1.52. The van der Waals surface area contributed by atoms with Crippen molar-refractivity contribution in [2.45, 2.75) is 31.3 Å². The molecular weight excluding hydrogens is 462 g/mol. The van der Waals surface area contributed by atoms with Crippen LogP contribution in [-0.2, 0) is 4.84 Å². The summed E-state index contributed by atoms with van der Waals surface area (Å²) in [5.41, 5.74) is 3.54. The number of anilines is 4. The van der Waals surface area contributed by atoms with Gasteiger partial charge in [-0.2, -0.15) is 0 Å². The number of nitrogens with zero attached hydrogens (tertiary/aromatic N) is 6. The first-order chi connectivity index (χ1) is 18.2. The van der Waals surface area contributed by atoms with Gasteiger partial charge in [-0.1, -0.05) is 30.3 Å². The molecule has 3 aliphatic heterocycles. The van der Waals surface area contributed by atoms with Gasteiger partial charge in [-0.3, -0.25) is 9.74 Å². The second-order valence-corrected chi connectivity index (χ2v) is 10.4. The molecule has 8 heteroatoms. The first kappa shape index (κ1) is 24.2. The maximum atomic E-state index is 5.95. The topological polar surface area (TPSA) is 60.0 Å². The number of hydrogen-bond donors (Lipinski definition) is 1. The Labute approximate surface area is 219 Å². The number of piperidine rings is 1. The first-order valence-corrected chi connectivity index (χ1v) is 13.6. The summed E-state index contributed by atoms with van der Waals surface area (Å²) in [6, 6.07) is 22.0. The molecule has 3 aliphatic rings. The van der Waals surface area contributed by atoms with E-state index in [1.54, 1.807) is 6.33 Å². The predicted molar refractivity (Wildman–Crippen MR) is 148 cm³/mol. The van der Waals surface area contributed by atoms with Gasteiger partial charge >= 0.3 is 0 Å². The third-order valence-electron chi connectivity index (χ3n) is 7.99. The zero-order valence-corrected chi connectivity index (χ0v) is 21.7. The molecule has 194 valence electrons. The molecule has 1 N–H and O–H groups in total. The lowest BCUT2D eigenvalue weighted by molar-refractivity contribution is 0.0982. The lowest BCUT2D eigenvalue weighted by Crippen LogP contribution is -2.52. The van der Waals surface area contributed by atoms with Crippen LogP contribution in [0, 0.1) is 0 Å². The maximum absolute atomic E-state index is 5.95. The van der Waals surface area contributed by atoms with Crippen molar-refractivity contribution in [2.75, 3.05) is 68.2 Å². The third kappa shape index (κ3) is 5.56. The van der Waals surface area contributed by atoms with Crippen LogP contribution in [-0.4, -0.2) is 78.7 Å². The van der Waals surface area contributed by atoms with Crippen LogP contribution in [0.3, 0.4) is 0 Å². The van der Waals surface area contributed by atoms with Gasteiger partial charge in [-0.15, -0.1) is 0 Å². The molecule has 3 aromatic rings. The van der Waals surface area contributed by atoms with E-state index in [1.807, 2.05) is 17.2 Å². The standard InChI is InChI=1S/C29H37N7O/c1-33-16-18-35(19-17-33)26-11-14-34(15-12-26)25-9-7-24(8-10-25)32-28-21-29(31-22-30-28)36-27(13-20-37-36)23-5-3-2-4-6-23/h2-10,21-22,26-27H,11-20H2,1H3,(H,30,31,32)/t27-/m1/s1. The van der Waals surface area contributed by atoms with Crippen molar-refractivity contribution in [3.8, 4) is 0 Å². The number of rotatable bonds is 6. The number of piperazine rings is 1. The number of likely N-dealkylation sites (N-methyl/N-ethyl adjacent to an activating group) is 1. The van der Waals surface area contributed by atoms with Gasteiger partial charge in [-0.05, 0) is 49.7 Å². The fourth-order valence-electron chi connectivity index (χ4n) is 5.79. The fourth-order valence-corrected chi connectivity index (χ4v) is 5.79. The van der Waals surface area contributed by atoms with Crippen molar-refractivity contribution in [1.82, 2.24) is 19.8 Å². The van der Waals surface area contributed by atoms with Crippen molar-refractivity contribution in [1.29, 1.82) is 0 Å². The molecule has 6 rings (SSSR count). The summed E-state index contributed by atoms with van der Waals surface area (Å²) in [7, 11) is 2.23. The number of benzene rings is 2. The molecule has 8 nitrogen and oxygen atoms in total. The monoisotopic (exact) mass is 499 g/mol.